The lowest BCUT2D eigenvalue weighted by Gasteiger charge is -2.27. The average Bonchev–Trinajstić information content (AvgIpc) is 3.36. The number of para-hydroxylation sites is 1. The molecule has 0 aliphatic carbocycles. The van der Waals surface area contributed by atoms with E-state index in [2.05, 4.69) is 11.5 Å². The molecule has 33 heavy (non-hydrogen) atoms. The molecule has 0 saturated heterocycles. The number of anilines is 2. The standard InChI is InChI=1S/C25H21Cl2FN4O/c1-15-23(25(33)30-31-13-12-16-4-2-3-5-21(16)31)29-32(22-11-8-18(26)14-20(22)27)24(15)17-6-9-19(28)10-7-17/h2-11,14-15,24H,12-13H2,1H3,(H,30,33). The maximum atomic E-state index is 13.6. The van der Waals surface area contributed by atoms with Crippen molar-refractivity contribution in [3.8, 4) is 0 Å². The molecule has 0 saturated carbocycles. The smallest absolute Gasteiger partial charge is 0.285 e. The van der Waals surface area contributed by atoms with Crippen molar-refractivity contribution in [1.29, 1.82) is 0 Å². The van der Waals surface area contributed by atoms with Gasteiger partial charge in [-0.05, 0) is 53.9 Å². The van der Waals surface area contributed by atoms with E-state index < -0.39 is 0 Å². The van der Waals surface area contributed by atoms with Crippen molar-refractivity contribution in [2.45, 2.75) is 19.4 Å². The molecule has 2 aliphatic heterocycles. The number of nitrogens with zero attached hydrogens (tertiary/aromatic N) is 3. The molecule has 8 heteroatoms. The number of halogens is 3. The number of hydrazine groups is 1. The van der Waals surface area contributed by atoms with E-state index in [1.165, 1.54) is 17.7 Å². The summed E-state index contributed by atoms with van der Waals surface area (Å²) in [5.41, 5.74) is 7.01. The number of hydrogen-bond donors (Lipinski definition) is 1. The lowest BCUT2D eigenvalue weighted by Crippen LogP contribution is -2.45. The zero-order chi connectivity index (χ0) is 23.1. The Morgan fingerprint density at radius 1 is 1.06 bits per heavy atom. The van der Waals surface area contributed by atoms with Gasteiger partial charge in [0.25, 0.3) is 5.91 Å². The normalized spacial score (nSPS) is 19.5. The van der Waals surface area contributed by atoms with Crippen molar-refractivity contribution in [1.82, 2.24) is 5.43 Å². The van der Waals surface area contributed by atoms with Crippen LogP contribution in [0.15, 0.2) is 71.8 Å². The van der Waals surface area contributed by atoms with Crippen molar-refractivity contribution in [3.05, 3.63) is 93.7 Å². The van der Waals surface area contributed by atoms with Gasteiger partial charge in [-0.15, -0.1) is 0 Å². The van der Waals surface area contributed by atoms with Gasteiger partial charge in [0.2, 0.25) is 0 Å². The first-order chi connectivity index (χ1) is 15.9. The Hall–Kier alpha value is -3.09. The predicted molar refractivity (Wildman–Crippen MR) is 130 cm³/mol. The van der Waals surface area contributed by atoms with Crippen molar-refractivity contribution in [2.24, 2.45) is 11.0 Å². The number of carbonyl (C=O) groups is 1. The van der Waals surface area contributed by atoms with Crippen LogP contribution in [0.3, 0.4) is 0 Å². The molecule has 0 bridgehead atoms. The zero-order valence-corrected chi connectivity index (χ0v) is 19.3. The van der Waals surface area contributed by atoms with Crippen LogP contribution >= 0.6 is 23.2 Å². The van der Waals surface area contributed by atoms with E-state index >= 15 is 0 Å². The molecule has 1 N–H and O–H groups in total. The summed E-state index contributed by atoms with van der Waals surface area (Å²) in [4.78, 5) is 13.3. The molecule has 0 spiro atoms. The molecule has 0 radical (unpaired) electrons. The highest BCUT2D eigenvalue weighted by atomic mass is 35.5. The molecule has 3 aromatic carbocycles. The largest absolute Gasteiger partial charge is 0.286 e. The van der Waals surface area contributed by atoms with Crippen LogP contribution in [-0.2, 0) is 11.2 Å². The number of amides is 1. The van der Waals surface area contributed by atoms with Crippen LogP contribution in [0.5, 0.6) is 0 Å². The van der Waals surface area contributed by atoms with Gasteiger partial charge in [-0.1, -0.05) is 60.5 Å². The second-order valence-electron chi connectivity index (χ2n) is 8.18. The lowest BCUT2D eigenvalue weighted by molar-refractivity contribution is -0.115. The molecule has 2 aliphatic rings. The summed E-state index contributed by atoms with van der Waals surface area (Å²) in [5.74, 6) is -0.883. The topological polar surface area (TPSA) is 47.9 Å². The van der Waals surface area contributed by atoms with E-state index in [0.29, 0.717) is 28.0 Å². The summed E-state index contributed by atoms with van der Waals surface area (Å²) in [6.45, 7) is 2.63. The fourth-order valence-corrected chi connectivity index (χ4v) is 4.97. The van der Waals surface area contributed by atoms with E-state index in [1.807, 2.05) is 30.1 Å². The third-order valence-electron chi connectivity index (χ3n) is 6.11. The molecule has 2 unspecified atom stereocenters. The van der Waals surface area contributed by atoms with Crippen molar-refractivity contribution in [3.63, 3.8) is 0 Å². The molecule has 168 valence electrons. The van der Waals surface area contributed by atoms with Gasteiger partial charge in [-0.2, -0.15) is 5.10 Å². The maximum Gasteiger partial charge on any atom is 0.286 e. The van der Waals surface area contributed by atoms with E-state index in [9.17, 15) is 9.18 Å². The van der Waals surface area contributed by atoms with Gasteiger partial charge in [0.05, 0.1) is 22.4 Å². The number of rotatable bonds is 4. The number of hydrogen-bond acceptors (Lipinski definition) is 4. The Morgan fingerprint density at radius 3 is 2.58 bits per heavy atom. The van der Waals surface area contributed by atoms with Crippen molar-refractivity contribution < 1.29 is 9.18 Å². The van der Waals surface area contributed by atoms with Crippen LogP contribution < -0.4 is 15.4 Å². The van der Waals surface area contributed by atoms with Gasteiger partial charge in [-0.3, -0.25) is 20.2 Å². The summed E-state index contributed by atoms with van der Waals surface area (Å²) in [6, 6.07) is 19.0. The van der Waals surface area contributed by atoms with Gasteiger partial charge in [0, 0.05) is 17.5 Å². The Bertz CT molecular complexity index is 1250. The van der Waals surface area contributed by atoms with Crippen LogP contribution in [0.2, 0.25) is 10.0 Å². The number of nitrogens with one attached hydrogen (secondary N) is 1. The lowest BCUT2D eigenvalue weighted by atomic mass is 9.91. The van der Waals surface area contributed by atoms with E-state index in [-0.39, 0.29) is 23.7 Å². The Morgan fingerprint density at radius 2 is 1.82 bits per heavy atom. The van der Waals surface area contributed by atoms with E-state index in [4.69, 9.17) is 28.3 Å². The second kappa shape index (κ2) is 8.69. The molecule has 5 nitrogen and oxygen atoms in total. The Kier molecular flexibility index (Phi) is 5.72. The third-order valence-corrected chi connectivity index (χ3v) is 6.65. The average molecular weight is 483 g/mol. The predicted octanol–water partition coefficient (Wildman–Crippen LogP) is 5.78. The maximum absolute atomic E-state index is 13.6. The molecular weight excluding hydrogens is 462 g/mol. The van der Waals surface area contributed by atoms with Crippen LogP contribution in [0.4, 0.5) is 15.8 Å². The zero-order valence-electron chi connectivity index (χ0n) is 17.8. The monoisotopic (exact) mass is 482 g/mol. The molecule has 1 amide bonds. The Balaban J connectivity index is 1.49. The molecule has 5 rings (SSSR count). The van der Waals surface area contributed by atoms with Crippen LogP contribution in [0, 0.1) is 11.7 Å². The number of carbonyl (C=O) groups excluding carboxylic acids is 1. The van der Waals surface area contributed by atoms with E-state index in [0.717, 1.165) is 17.7 Å². The van der Waals surface area contributed by atoms with Gasteiger partial charge in [0.15, 0.2) is 0 Å². The van der Waals surface area contributed by atoms with Gasteiger partial charge in [0.1, 0.15) is 11.5 Å². The number of fused-ring (bicyclic) bond motifs is 1. The minimum atomic E-state index is -0.337. The quantitative estimate of drug-likeness (QED) is 0.512. The van der Waals surface area contributed by atoms with Crippen LogP contribution in [-0.4, -0.2) is 18.2 Å². The minimum Gasteiger partial charge on any atom is -0.285 e. The Labute approximate surface area is 201 Å². The minimum absolute atomic E-state index is 0.278. The molecular formula is C25H21Cl2FN4O. The summed E-state index contributed by atoms with van der Waals surface area (Å²) >= 11 is 12.6. The third kappa shape index (κ3) is 4.05. The SMILES string of the molecule is CC1C(C(=O)NN2CCc3ccccc32)=NN(c2ccc(Cl)cc2Cl)C1c1ccc(F)cc1. The summed E-state index contributed by atoms with van der Waals surface area (Å²) in [5, 5.41) is 9.20. The van der Waals surface area contributed by atoms with Gasteiger partial charge >= 0.3 is 0 Å². The summed E-state index contributed by atoms with van der Waals surface area (Å²) in [7, 11) is 0. The highest BCUT2D eigenvalue weighted by Crippen LogP contribution is 2.42. The second-order valence-corrected chi connectivity index (χ2v) is 9.03. The fraction of sp³-hybridized carbons (Fsp3) is 0.200. The van der Waals surface area contributed by atoms with Crippen LogP contribution in [0.25, 0.3) is 0 Å². The molecule has 3 aromatic rings. The highest BCUT2D eigenvalue weighted by molar-refractivity contribution is 6.41. The number of benzene rings is 3. The molecule has 2 heterocycles. The van der Waals surface area contributed by atoms with Crippen molar-refractivity contribution >= 4 is 46.2 Å². The summed E-state index contributed by atoms with van der Waals surface area (Å²) in [6.07, 6.45) is 0.864. The van der Waals surface area contributed by atoms with Gasteiger partial charge in [-0.25, -0.2) is 4.39 Å². The first-order valence-corrected chi connectivity index (χ1v) is 11.4. The summed E-state index contributed by atoms with van der Waals surface area (Å²) < 4.78 is 13.6. The van der Waals surface area contributed by atoms with E-state index in [1.54, 1.807) is 35.3 Å². The number of hydrazone groups is 1. The molecule has 2 atom stereocenters. The first kappa shape index (κ1) is 21.7. The van der Waals surface area contributed by atoms with Crippen molar-refractivity contribution in [2.75, 3.05) is 16.6 Å². The molecule has 0 fully saturated rings. The van der Waals surface area contributed by atoms with Gasteiger partial charge < -0.3 is 0 Å². The fourth-order valence-electron chi connectivity index (χ4n) is 4.48. The molecule has 0 aromatic heterocycles. The highest BCUT2D eigenvalue weighted by Gasteiger charge is 2.40. The van der Waals surface area contributed by atoms with Crippen LogP contribution in [0.1, 0.15) is 24.1 Å². The first-order valence-electron chi connectivity index (χ1n) is 10.7.